The van der Waals surface area contributed by atoms with E-state index < -0.39 is 6.04 Å². The molecule has 23 heavy (non-hydrogen) atoms. The summed E-state index contributed by atoms with van der Waals surface area (Å²) in [4.78, 5) is 26.1. The molecule has 0 bridgehead atoms. The summed E-state index contributed by atoms with van der Waals surface area (Å²) >= 11 is 12.1. The van der Waals surface area contributed by atoms with Gasteiger partial charge in [0, 0.05) is 0 Å². The highest BCUT2D eigenvalue weighted by Gasteiger charge is 2.39. The number of amides is 2. The van der Waals surface area contributed by atoms with E-state index in [4.69, 9.17) is 23.2 Å². The van der Waals surface area contributed by atoms with E-state index >= 15 is 0 Å². The Labute approximate surface area is 144 Å². The molecule has 118 valence electrons. The van der Waals surface area contributed by atoms with Crippen molar-refractivity contribution in [3.63, 3.8) is 0 Å². The van der Waals surface area contributed by atoms with Crippen molar-refractivity contribution in [3.8, 4) is 0 Å². The monoisotopic (exact) mass is 348 g/mol. The zero-order chi connectivity index (χ0) is 16.6. The van der Waals surface area contributed by atoms with Crippen molar-refractivity contribution in [3.05, 3.63) is 58.1 Å². The first-order chi connectivity index (χ1) is 11.0. The van der Waals surface area contributed by atoms with Crippen LogP contribution in [-0.4, -0.2) is 17.9 Å². The van der Waals surface area contributed by atoms with E-state index in [1.54, 1.807) is 24.3 Å². The number of carbonyl (C=O) groups is 2. The predicted octanol–water partition coefficient (Wildman–Crippen LogP) is 4.05. The molecule has 1 heterocycles. The topological polar surface area (TPSA) is 49.4 Å². The van der Waals surface area contributed by atoms with Crippen LogP contribution in [0, 0.1) is 6.92 Å². The first kappa shape index (κ1) is 15.8. The van der Waals surface area contributed by atoms with Gasteiger partial charge in [0.2, 0.25) is 5.91 Å². The molecule has 1 fully saturated rings. The van der Waals surface area contributed by atoms with E-state index in [2.05, 4.69) is 5.32 Å². The van der Waals surface area contributed by atoms with Crippen LogP contribution in [0.1, 0.15) is 12.0 Å². The summed E-state index contributed by atoms with van der Waals surface area (Å²) in [5, 5.41) is 3.75. The molecular weight excluding hydrogens is 335 g/mol. The lowest BCUT2D eigenvalue weighted by molar-refractivity contribution is -0.121. The number of hydrogen-bond donors (Lipinski definition) is 1. The SMILES string of the molecule is Cc1cccc(N2C(=O)CC(Nc3cccc(Cl)c3Cl)C2=O)c1. The lowest BCUT2D eigenvalue weighted by Gasteiger charge is -2.17. The molecule has 6 heteroatoms. The van der Waals surface area contributed by atoms with Gasteiger partial charge in [0.1, 0.15) is 6.04 Å². The number of benzene rings is 2. The number of nitrogens with zero attached hydrogens (tertiary/aromatic N) is 1. The molecule has 4 nitrogen and oxygen atoms in total. The van der Waals surface area contributed by atoms with Crippen LogP contribution in [0.5, 0.6) is 0 Å². The summed E-state index contributed by atoms with van der Waals surface area (Å²) in [7, 11) is 0. The molecule has 0 saturated carbocycles. The highest BCUT2D eigenvalue weighted by atomic mass is 35.5. The van der Waals surface area contributed by atoms with Crippen molar-refractivity contribution >= 4 is 46.4 Å². The number of nitrogens with one attached hydrogen (secondary N) is 1. The third-order valence-corrected chi connectivity index (χ3v) is 4.51. The molecule has 1 aliphatic heterocycles. The molecule has 0 aliphatic carbocycles. The number of rotatable bonds is 3. The van der Waals surface area contributed by atoms with Crippen molar-refractivity contribution in [2.75, 3.05) is 10.2 Å². The average Bonchev–Trinajstić information content (AvgIpc) is 2.78. The Bertz CT molecular complexity index is 792. The number of anilines is 2. The maximum absolute atomic E-state index is 12.6. The highest BCUT2D eigenvalue weighted by molar-refractivity contribution is 6.43. The zero-order valence-electron chi connectivity index (χ0n) is 12.3. The summed E-state index contributed by atoms with van der Waals surface area (Å²) in [6.45, 7) is 1.91. The summed E-state index contributed by atoms with van der Waals surface area (Å²) in [5.41, 5.74) is 2.11. The molecule has 3 rings (SSSR count). The van der Waals surface area contributed by atoms with Crippen LogP contribution in [0.3, 0.4) is 0 Å². The van der Waals surface area contributed by atoms with Gasteiger partial charge in [0.25, 0.3) is 5.91 Å². The molecule has 1 N–H and O–H groups in total. The second kappa shape index (κ2) is 6.22. The summed E-state index contributed by atoms with van der Waals surface area (Å²) in [5.74, 6) is -0.534. The van der Waals surface area contributed by atoms with Gasteiger partial charge in [-0.15, -0.1) is 0 Å². The summed E-state index contributed by atoms with van der Waals surface area (Å²) in [6.07, 6.45) is 0.0790. The quantitative estimate of drug-likeness (QED) is 0.851. The van der Waals surface area contributed by atoms with Crippen LogP contribution in [0.2, 0.25) is 10.0 Å². The van der Waals surface area contributed by atoms with Gasteiger partial charge in [-0.05, 0) is 36.8 Å². The molecule has 1 saturated heterocycles. The molecule has 2 amide bonds. The van der Waals surface area contributed by atoms with Crippen LogP contribution >= 0.6 is 23.2 Å². The third-order valence-electron chi connectivity index (χ3n) is 3.69. The molecule has 2 aromatic rings. The maximum Gasteiger partial charge on any atom is 0.256 e. The van der Waals surface area contributed by atoms with E-state index in [1.807, 2.05) is 25.1 Å². The summed E-state index contributed by atoms with van der Waals surface area (Å²) < 4.78 is 0. The number of aryl methyl sites for hydroxylation is 1. The second-order valence-electron chi connectivity index (χ2n) is 5.41. The summed E-state index contributed by atoms with van der Waals surface area (Å²) in [6, 6.07) is 11.8. The molecule has 0 spiro atoms. The number of imide groups is 1. The van der Waals surface area contributed by atoms with Crippen LogP contribution in [0.4, 0.5) is 11.4 Å². The van der Waals surface area contributed by atoms with Crippen molar-refractivity contribution < 1.29 is 9.59 Å². The van der Waals surface area contributed by atoms with Crippen LogP contribution in [0.25, 0.3) is 0 Å². The minimum atomic E-state index is -0.654. The smallest absolute Gasteiger partial charge is 0.256 e. The zero-order valence-corrected chi connectivity index (χ0v) is 13.9. The number of hydrogen-bond acceptors (Lipinski definition) is 3. The first-order valence-electron chi connectivity index (χ1n) is 7.11. The van der Waals surface area contributed by atoms with Gasteiger partial charge >= 0.3 is 0 Å². The normalized spacial score (nSPS) is 17.7. The Morgan fingerprint density at radius 3 is 2.61 bits per heavy atom. The van der Waals surface area contributed by atoms with Gasteiger partial charge in [-0.25, -0.2) is 4.90 Å². The Morgan fingerprint density at radius 1 is 1.13 bits per heavy atom. The fourth-order valence-electron chi connectivity index (χ4n) is 2.59. The third kappa shape index (κ3) is 3.05. The van der Waals surface area contributed by atoms with Gasteiger partial charge in [0.05, 0.1) is 27.8 Å². The molecule has 1 atom stereocenters. The fraction of sp³-hybridized carbons (Fsp3) is 0.176. The van der Waals surface area contributed by atoms with Crippen LogP contribution in [0.15, 0.2) is 42.5 Å². The van der Waals surface area contributed by atoms with E-state index in [0.29, 0.717) is 21.4 Å². The maximum atomic E-state index is 12.6. The van der Waals surface area contributed by atoms with E-state index in [9.17, 15) is 9.59 Å². The Balaban J connectivity index is 1.85. The van der Waals surface area contributed by atoms with E-state index in [-0.39, 0.29) is 18.2 Å². The fourth-order valence-corrected chi connectivity index (χ4v) is 2.94. The Hall–Kier alpha value is -2.04. The van der Waals surface area contributed by atoms with Gasteiger partial charge < -0.3 is 5.32 Å². The van der Waals surface area contributed by atoms with Crippen LogP contribution < -0.4 is 10.2 Å². The molecule has 0 radical (unpaired) electrons. The number of halogens is 2. The Kier molecular flexibility index (Phi) is 4.28. The lowest BCUT2D eigenvalue weighted by atomic mass is 10.2. The molecule has 0 aromatic heterocycles. The average molecular weight is 349 g/mol. The molecule has 1 unspecified atom stereocenters. The van der Waals surface area contributed by atoms with Crippen LogP contribution in [-0.2, 0) is 9.59 Å². The first-order valence-corrected chi connectivity index (χ1v) is 7.87. The van der Waals surface area contributed by atoms with Crippen molar-refractivity contribution in [1.29, 1.82) is 0 Å². The van der Waals surface area contributed by atoms with E-state index in [1.165, 1.54) is 4.90 Å². The minimum Gasteiger partial charge on any atom is -0.372 e. The van der Waals surface area contributed by atoms with Crippen molar-refractivity contribution in [1.82, 2.24) is 0 Å². The van der Waals surface area contributed by atoms with Gasteiger partial charge in [-0.1, -0.05) is 41.4 Å². The molecule has 2 aromatic carbocycles. The second-order valence-corrected chi connectivity index (χ2v) is 6.19. The van der Waals surface area contributed by atoms with Crippen molar-refractivity contribution in [2.24, 2.45) is 0 Å². The largest absolute Gasteiger partial charge is 0.372 e. The predicted molar refractivity (Wildman–Crippen MR) is 92.2 cm³/mol. The number of carbonyl (C=O) groups excluding carboxylic acids is 2. The van der Waals surface area contributed by atoms with Gasteiger partial charge in [-0.3, -0.25) is 9.59 Å². The van der Waals surface area contributed by atoms with Gasteiger partial charge in [-0.2, -0.15) is 0 Å². The molecular formula is C17H14Cl2N2O2. The lowest BCUT2D eigenvalue weighted by Crippen LogP contribution is -2.34. The minimum absolute atomic E-state index is 0.0790. The van der Waals surface area contributed by atoms with Crippen molar-refractivity contribution in [2.45, 2.75) is 19.4 Å². The standard InChI is InChI=1S/C17H14Cl2N2O2/c1-10-4-2-5-11(8-10)21-15(22)9-14(17(21)23)20-13-7-3-6-12(18)16(13)19/h2-8,14,20H,9H2,1H3. The highest BCUT2D eigenvalue weighted by Crippen LogP contribution is 2.32. The molecule has 1 aliphatic rings. The van der Waals surface area contributed by atoms with Gasteiger partial charge in [0.15, 0.2) is 0 Å². The van der Waals surface area contributed by atoms with E-state index in [0.717, 1.165) is 5.56 Å². The Morgan fingerprint density at radius 2 is 1.87 bits per heavy atom.